The van der Waals surface area contributed by atoms with E-state index in [-0.39, 0.29) is 69.4 Å². The highest BCUT2D eigenvalue weighted by atomic mass is 31.0. The summed E-state index contributed by atoms with van der Waals surface area (Å²) in [6.07, 6.45) is 10.8. The molecule has 0 saturated heterocycles. The molecule has 2 atom stereocenters. The van der Waals surface area contributed by atoms with Crippen molar-refractivity contribution in [1.82, 2.24) is 0 Å². The zero-order chi connectivity index (χ0) is 43.1. The number of hydrogen-bond donors (Lipinski definition) is 1. The van der Waals surface area contributed by atoms with E-state index in [1.807, 2.05) is 9.24 Å². The lowest BCUT2D eigenvalue weighted by Crippen LogP contribution is -2.17. The molecule has 1 aliphatic rings. The summed E-state index contributed by atoms with van der Waals surface area (Å²) in [6.45, 7) is 12.9. The molecule has 2 unspecified atom stereocenters. The minimum atomic E-state index is -2.30. The van der Waals surface area contributed by atoms with Gasteiger partial charge in [-0.2, -0.15) is 20.5 Å². The molecule has 0 saturated carbocycles. The lowest BCUT2D eigenvalue weighted by atomic mass is 9.80. The molecule has 0 bridgehead atoms. The van der Waals surface area contributed by atoms with Gasteiger partial charge in [-0.05, 0) is 98.7 Å². The van der Waals surface area contributed by atoms with E-state index in [0.29, 0.717) is 22.3 Å². The van der Waals surface area contributed by atoms with Crippen LogP contribution in [-0.4, -0.2) is 36.7 Å². The third kappa shape index (κ3) is 12.6. The first-order valence-electron chi connectivity index (χ1n) is 16.6. The smallest absolute Gasteiger partial charge is 0.205 e. The standard InChI is InChI=1S/C40H42F8N6P2/c1-9-28(26(18-52-19-49)14-13-21(2)33(25(6)55)38(56)35(46)32(44)17-42)37(51)24(5)54-23(4)29-12-10-11-27(15-30(29)22(3)53-20-50)40(7,8)39(48)36(47)34(45)31(43)16-41/h10-11,13,15,18,51H,4,6,9,12,14,16-17,55-56H2,1-3,5,7-8H3/b21-13+,28-26-,34-31-,35-32-,38-33+,39-36-,51-37?,52-18?,53-22?,54-24?. The first-order chi connectivity index (χ1) is 26.2. The van der Waals surface area contributed by atoms with E-state index in [9.17, 15) is 41.3 Å². The normalized spacial score (nSPS) is 16.8. The van der Waals surface area contributed by atoms with Crippen molar-refractivity contribution >= 4 is 41.8 Å². The Bertz CT molecular complexity index is 2110. The Morgan fingerprint density at radius 1 is 0.964 bits per heavy atom. The first kappa shape index (κ1) is 49.1. The summed E-state index contributed by atoms with van der Waals surface area (Å²) in [5, 5.41) is 27.6. The predicted octanol–water partition coefficient (Wildman–Crippen LogP) is 12.6. The fourth-order valence-corrected chi connectivity index (χ4v) is 6.41. The molecule has 0 radical (unpaired) electrons. The first-order valence-corrected chi connectivity index (χ1v) is 17.7. The third-order valence-corrected chi connectivity index (χ3v) is 9.23. The summed E-state index contributed by atoms with van der Waals surface area (Å²) in [7, 11) is 4.32. The van der Waals surface area contributed by atoms with Crippen LogP contribution in [0.1, 0.15) is 60.8 Å². The summed E-state index contributed by atoms with van der Waals surface area (Å²) in [5.41, 5.74) is 0.329. The van der Waals surface area contributed by atoms with Gasteiger partial charge in [0, 0.05) is 22.5 Å². The molecule has 0 aromatic heterocycles. The molecular weight excluding hydrogens is 778 g/mol. The summed E-state index contributed by atoms with van der Waals surface area (Å²) in [5.74, 6) is -11.3. The molecule has 0 amide bonds. The number of alkyl halides is 2. The molecule has 1 rings (SSSR count). The van der Waals surface area contributed by atoms with Gasteiger partial charge in [0.15, 0.2) is 29.1 Å². The van der Waals surface area contributed by atoms with Crippen molar-refractivity contribution in [3.63, 3.8) is 0 Å². The van der Waals surface area contributed by atoms with Crippen molar-refractivity contribution in [3.8, 4) is 12.4 Å². The van der Waals surface area contributed by atoms with Crippen molar-refractivity contribution in [1.29, 1.82) is 15.9 Å². The van der Waals surface area contributed by atoms with Gasteiger partial charge >= 0.3 is 0 Å². The average Bonchev–Trinajstić information content (AvgIpc) is 3.41. The van der Waals surface area contributed by atoms with Crippen LogP contribution < -0.4 is 0 Å². The molecule has 298 valence electrons. The number of aliphatic imine (C=N–C) groups is 3. The van der Waals surface area contributed by atoms with Gasteiger partial charge in [-0.3, -0.25) is 10.4 Å². The van der Waals surface area contributed by atoms with Crippen LogP contribution in [0.2, 0.25) is 0 Å². The van der Waals surface area contributed by atoms with E-state index in [1.54, 1.807) is 38.4 Å². The van der Waals surface area contributed by atoms with Crippen LogP contribution in [0.15, 0.2) is 143 Å². The van der Waals surface area contributed by atoms with E-state index in [0.717, 1.165) is 0 Å². The second-order valence-corrected chi connectivity index (χ2v) is 13.8. The van der Waals surface area contributed by atoms with Gasteiger partial charge in [0.1, 0.15) is 19.2 Å². The Morgan fingerprint density at radius 3 is 2.07 bits per heavy atom. The van der Waals surface area contributed by atoms with Crippen molar-refractivity contribution in [3.05, 3.63) is 128 Å². The zero-order valence-corrected chi connectivity index (χ0v) is 34.1. The third-order valence-electron chi connectivity index (χ3n) is 8.40. The van der Waals surface area contributed by atoms with Crippen LogP contribution in [0, 0.1) is 33.7 Å². The van der Waals surface area contributed by atoms with Gasteiger partial charge in [-0.15, -0.1) is 18.5 Å². The van der Waals surface area contributed by atoms with Gasteiger partial charge in [0.2, 0.25) is 12.4 Å². The highest BCUT2D eigenvalue weighted by Gasteiger charge is 2.34. The molecule has 1 aliphatic carbocycles. The molecule has 6 nitrogen and oxygen atoms in total. The summed E-state index contributed by atoms with van der Waals surface area (Å²) in [6, 6.07) is 0. The number of rotatable bonds is 17. The Hall–Kier alpha value is -4.90. The largest absolute Gasteiger partial charge is 0.299 e. The van der Waals surface area contributed by atoms with Crippen molar-refractivity contribution in [2.24, 2.45) is 20.4 Å². The van der Waals surface area contributed by atoms with Crippen molar-refractivity contribution in [2.75, 3.05) is 13.3 Å². The van der Waals surface area contributed by atoms with E-state index < -0.39 is 53.7 Å². The van der Waals surface area contributed by atoms with Crippen molar-refractivity contribution in [2.45, 2.75) is 60.8 Å². The minimum absolute atomic E-state index is 0.0432. The fraction of sp³-hybridized carbons (Fsp3) is 0.300. The maximum Gasteiger partial charge on any atom is 0.205 e. The zero-order valence-electron chi connectivity index (χ0n) is 31.8. The van der Waals surface area contributed by atoms with Crippen LogP contribution in [0.25, 0.3) is 0 Å². The molecule has 1 N–H and O–H groups in total. The molecule has 0 heterocycles. The summed E-state index contributed by atoms with van der Waals surface area (Å²) >= 11 is 0. The van der Waals surface area contributed by atoms with Gasteiger partial charge < -0.3 is 0 Å². The fourth-order valence-electron chi connectivity index (χ4n) is 5.29. The summed E-state index contributed by atoms with van der Waals surface area (Å²) in [4.78, 5) is 12.0. The SMILES string of the molecule is C=C(N=C(C)C(=N)/C(CC)=C(\C=NC#N)C/C=C(C)/C(C(=C)P)=C(P)/C(F)=C(/F)CF)C1=C(C(C)=NC#N)C=C(C(C)(C)/C(F)=C(F)\C(F)=C(\F)CF)C=CC1. The summed E-state index contributed by atoms with van der Waals surface area (Å²) < 4.78 is 111. The Kier molecular flexibility index (Phi) is 19.8. The average molecular weight is 821 g/mol. The van der Waals surface area contributed by atoms with Gasteiger partial charge in [-0.25, -0.2) is 35.1 Å². The van der Waals surface area contributed by atoms with Gasteiger partial charge in [-0.1, -0.05) is 38.3 Å². The van der Waals surface area contributed by atoms with Crippen LogP contribution in [-0.2, 0) is 0 Å². The van der Waals surface area contributed by atoms with Crippen LogP contribution in [0.4, 0.5) is 35.1 Å². The highest BCUT2D eigenvalue weighted by molar-refractivity contribution is 7.25. The molecule has 0 fully saturated rings. The maximum absolute atomic E-state index is 15.4. The number of nitriles is 2. The van der Waals surface area contributed by atoms with E-state index in [1.165, 1.54) is 46.1 Å². The Morgan fingerprint density at radius 2 is 1.55 bits per heavy atom. The molecule has 0 spiro atoms. The molecule has 0 aliphatic heterocycles. The lowest BCUT2D eigenvalue weighted by Gasteiger charge is -2.25. The molecular formula is C40H42F8N6P2. The molecule has 16 heteroatoms. The topological polar surface area (TPSA) is 109 Å². The quantitative estimate of drug-likeness (QED) is 0.0518. The predicted molar refractivity (Wildman–Crippen MR) is 216 cm³/mol. The second-order valence-electron chi connectivity index (χ2n) is 12.5. The van der Waals surface area contributed by atoms with Crippen molar-refractivity contribution < 1.29 is 35.1 Å². The number of allylic oxidation sites excluding steroid dienone is 19. The van der Waals surface area contributed by atoms with Gasteiger partial charge in [0.05, 0.1) is 22.8 Å². The highest BCUT2D eigenvalue weighted by Crippen LogP contribution is 2.43. The lowest BCUT2D eigenvalue weighted by molar-refractivity contribution is 0.362. The molecule has 0 aromatic rings. The van der Waals surface area contributed by atoms with E-state index in [2.05, 4.69) is 37.4 Å². The Labute approximate surface area is 327 Å². The number of nitrogens with one attached hydrogen (secondary N) is 1. The Balaban J connectivity index is 3.95. The van der Waals surface area contributed by atoms with E-state index in [4.69, 9.17) is 5.41 Å². The number of nitrogens with zero attached hydrogens (tertiary/aromatic N) is 5. The van der Waals surface area contributed by atoms with Crippen LogP contribution >= 0.6 is 18.5 Å². The maximum atomic E-state index is 15.4. The minimum Gasteiger partial charge on any atom is -0.299 e. The van der Waals surface area contributed by atoms with Crippen LogP contribution in [0.3, 0.4) is 0 Å². The molecule has 0 aromatic carbocycles. The van der Waals surface area contributed by atoms with Crippen LogP contribution in [0.5, 0.6) is 0 Å². The van der Waals surface area contributed by atoms with E-state index >= 15 is 4.39 Å². The second kappa shape index (κ2) is 22.6. The molecule has 56 heavy (non-hydrogen) atoms. The monoisotopic (exact) mass is 820 g/mol. The van der Waals surface area contributed by atoms with Gasteiger partial charge in [0.25, 0.3) is 0 Å². The number of hydrogen-bond acceptors (Lipinski definition) is 6. The number of halogens is 8.